The number of halogens is 2. The third-order valence-corrected chi connectivity index (χ3v) is 4.62. The Kier molecular flexibility index (Phi) is 4.53. The summed E-state index contributed by atoms with van der Waals surface area (Å²) in [6.07, 6.45) is 0. The van der Waals surface area contributed by atoms with Crippen molar-refractivity contribution < 1.29 is 0 Å². The molecular formula is C15H11BrClN3S. The third kappa shape index (κ3) is 3.81. The van der Waals surface area contributed by atoms with Crippen LogP contribution in [0.2, 0.25) is 5.15 Å². The Morgan fingerprint density at radius 1 is 1.10 bits per heavy atom. The van der Waals surface area contributed by atoms with Crippen molar-refractivity contribution in [3.8, 4) is 11.4 Å². The van der Waals surface area contributed by atoms with E-state index >= 15 is 0 Å². The molecule has 1 N–H and O–H groups in total. The first-order valence-corrected chi connectivity index (χ1v) is 8.27. The summed E-state index contributed by atoms with van der Waals surface area (Å²) in [5.41, 5.74) is 0.946. The highest BCUT2D eigenvalue weighted by molar-refractivity contribution is 9.11. The minimum Gasteiger partial charge on any atom is -0.365 e. The monoisotopic (exact) mass is 379 g/mol. The summed E-state index contributed by atoms with van der Waals surface area (Å²) >= 11 is 11.2. The van der Waals surface area contributed by atoms with Crippen molar-refractivity contribution in [1.82, 2.24) is 9.97 Å². The molecule has 2 heterocycles. The van der Waals surface area contributed by atoms with Gasteiger partial charge in [-0.15, -0.1) is 11.3 Å². The molecule has 0 radical (unpaired) electrons. The molecule has 2 aromatic heterocycles. The molecule has 106 valence electrons. The maximum Gasteiger partial charge on any atom is 0.163 e. The predicted molar refractivity (Wildman–Crippen MR) is 91.8 cm³/mol. The average molecular weight is 381 g/mol. The van der Waals surface area contributed by atoms with E-state index in [0.717, 1.165) is 15.2 Å². The highest BCUT2D eigenvalue weighted by Gasteiger charge is 2.06. The van der Waals surface area contributed by atoms with Gasteiger partial charge in [0.2, 0.25) is 0 Å². The van der Waals surface area contributed by atoms with Crippen LogP contribution in [0.25, 0.3) is 11.4 Å². The number of hydrogen-bond donors (Lipinski definition) is 1. The molecule has 0 fully saturated rings. The van der Waals surface area contributed by atoms with Gasteiger partial charge in [-0.3, -0.25) is 0 Å². The lowest BCUT2D eigenvalue weighted by Crippen LogP contribution is -2.02. The van der Waals surface area contributed by atoms with Crippen molar-refractivity contribution in [3.05, 3.63) is 62.3 Å². The molecule has 3 nitrogen and oxygen atoms in total. The second kappa shape index (κ2) is 6.56. The number of thiophene rings is 1. The molecule has 0 unspecified atom stereocenters. The molecule has 21 heavy (non-hydrogen) atoms. The first kappa shape index (κ1) is 14.5. The predicted octanol–water partition coefficient (Wildman–Crippen LogP) is 5.23. The Balaban J connectivity index is 1.81. The van der Waals surface area contributed by atoms with Gasteiger partial charge in [-0.2, -0.15) is 0 Å². The number of aromatic nitrogens is 2. The van der Waals surface area contributed by atoms with Crippen LogP contribution in [0.4, 0.5) is 5.82 Å². The van der Waals surface area contributed by atoms with Crippen molar-refractivity contribution in [2.75, 3.05) is 5.32 Å². The van der Waals surface area contributed by atoms with Crippen LogP contribution in [0.15, 0.2) is 52.3 Å². The van der Waals surface area contributed by atoms with Crippen LogP contribution in [0, 0.1) is 0 Å². The Hall–Kier alpha value is -1.43. The lowest BCUT2D eigenvalue weighted by Gasteiger charge is -2.07. The van der Waals surface area contributed by atoms with Gasteiger partial charge in [0.1, 0.15) is 11.0 Å². The molecule has 0 amide bonds. The second-order valence-corrected chi connectivity index (χ2v) is 7.26. The fraction of sp³-hybridized carbons (Fsp3) is 0.0667. The van der Waals surface area contributed by atoms with E-state index in [2.05, 4.69) is 37.3 Å². The van der Waals surface area contributed by atoms with Crippen molar-refractivity contribution in [1.29, 1.82) is 0 Å². The van der Waals surface area contributed by atoms with E-state index in [1.165, 1.54) is 4.88 Å². The molecule has 0 saturated carbocycles. The normalized spacial score (nSPS) is 10.6. The summed E-state index contributed by atoms with van der Waals surface area (Å²) in [5, 5.41) is 3.71. The maximum absolute atomic E-state index is 6.09. The number of rotatable bonds is 4. The summed E-state index contributed by atoms with van der Waals surface area (Å²) in [4.78, 5) is 10.0. The van der Waals surface area contributed by atoms with Crippen LogP contribution < -0.4 is 5.32 Å². The number of nitrogens with one attached hydrogen (secondary N) is 1. The SMILES string of the molecule is Clc1cc(NCc2ccc(Br)s2)nc(-c2ccccc2)n1. The van der Waals surface area contributed by atoms with Gasteiger partial charge in [-0.25, -0.2) is 9.97 Å². The maximum atomic E-state index is 6.09. The fourth-order valence-electron chi connectivity index (χ4n) is 1.85. The lowest BCUT2D eigenvalue weighted by atomic mass is 10.2. The van der Waals surface area contributed by atoms with Crippen molar-refractivity contribution in [3.63, 3.8) is 0 Å². The standard InChI is InChI=1S/C15H11BrClN3S/c16-12-7-6-11(21-12)9-18-14-8-13(17)19-15(20-14)10-4-2-1-3-5-10/h1-8H,9H2,(H,18,19,20). The van der Waals surface area contributed by atoms with Crippen LogP contribution in [0.1, 0.15) is 4.88 Å². The number of benzene rings is 1. The lowest BCUT2D eigenvalue weighted by molar-refractivity contribution is 1.10. The number of nitrogens with zero attached hydrogens (tertiary/aromatic N) is 2. The van der Waals surface area contributed by atoms with Crippen LogP contribution >= 0.6 is 38.9 Å². The van der Waals surface area contributed by atoms with Gasteiger partial charge in [0, 0.05) is 16.5 Å². The molecule has 0 aliphatic rings. The zero-order chi connectivity index (χ0) is 14.7. The van der Waals surface area contributed by atoms with Gasteiger partial charge in [-0.1, -0.05) is 41.9 Å². The van der Waals surface area contributed by atoms with Gasteiger partial charge in [-0.05, 0) is 28.1 Å². The number of hydrogen-bond acceptors (Lipinski definition) is 4. The van der Waals surface area contributed by atoms with Crippen LogP contribution in [0.5, 0.6) is 0 Å². The van der Waals surface area contributed by atoms with E-state index in [1.807, 2.05) is 36.4 Å². The fourth-order valence-corrected chi connectivity index (χ4v) is 3.46. The van der Waals surface area contributed by atoms with Gasteiger partial charge < -0.3 is 5.32 Å². The first-order chi connectivity index (χ1) is 10.2. The zero-order valence-corrected chi connectivity index (χ0v) is 14.0. The van der Waals surface area contributed by atoms with Gasteiger partial charge >= 0.3 is 0 Å². The summed E-state index contributed by atoms with van der Waals surface area (Å²) in [6, 6.07) is 15.6. The molecule has 0 atom stereocenters. The number of anilines is 1. The second-order valence-electron chi connectivity index (χ2n) is 4.32. The Morgan fingerprint density at radius 3 is 2.62 bits per heavy atom. The van der Waals surface area contributed by atoms with Crippen LogP contribution in [-0.4, -0.2) is 9.97 Å². The summed E-state index contributed by atoms with van der Waals surface area (Å²) in [6.45, 7) is 0.706. The molecule has 0 saturated heterocycles. The quantitative estimate of drug-likeness (QED) is 0.629. The van der Waals surface area contributed by atoms with Gasteiger partial charge in [0.25, 0.3) is 0 Å². The van der Waals surface area contributed by atoms with E-state index in [0.29, 0.717) is 17.5 Å². The Labute approximate surface area is 140 Å². The molecule has 0 spiro atoms. The summed E-state index contributed by atoms with van der Waals surface area (Å²) in [7, 11) is 0. The smallest absolute Gasteiger partial charge is 0.163 e. The van der Waals surface area contributed by atoms with Gasteiger partial charge in [0.15, 0.2) is 5.82 Å². The van der Waals surface area contributed by atoms with Crippen molar-refractivity contribution in [2.45, 2.75) is 6.54 Å². The Bertz CT molecular complexity index is 746. The summed E-state index contributed by atoms with van der Waals surface area (Å²) < 4.78 is 1.12. The molecule has 0 bridgehead atoms. The van der Waals surface area contributed by atoms with E-state index in [9.17, 15) is 0 Å². The van der Waals surface area contributed by atoms with Crippen molar-refractivity contribution in [2.24, 2.45) is 0 Å². The van der Waals surface area contributed by atoms with Gasteiger partial charge in [0.05, 0.1) is 10.3 Å². The van der Waals surface area contributed by atoms with Crippen LogP contribution in [-0.2, 0) is 6.54 Å². The molecule has 0 aliphatic carbocycles. The molecular weight excluding hydrogens is 370 g/mol. The van der Waals surface area contributed by atoms with Crippen LogP contribution in [0.3, 0.4) is 0 Å². The van der Waals surface area contributed by atoms with Crippen molar-refractivity contribution >= 4 is 44.7 Å². The van der Waals surface area contributed by atoms with E-state index in [1.54, 1.807) is 17.4 Å². The Morgan fingerprint density at radius 2 is 1.90 bits per heavy atom. The third-order valence-electron chi connectivity index (χ3n) is 2.80. The summed E-state index contributed by atoms with van der Waals surface area (Å²) in [5.74, 6) is 1.34. The molecule has 6 heteroatoms. The molecule has 0 aliphatic heterocycles. The molecule has 3 rings (SSSR count). The van der Waals surface area contributed by atoms with E-state index < -0.39 is 0 Å². The minimum atomic E-state index is 0.429. The van der Waals surface area contributed by atoms with E-state index in [4.69, 9.17) is 11.6 Å². The largest absolute Gasteiger partial charge is 0.365 e. The highest BCUT2D eigenvalue weighted by Crippen LogP contribution is 2.24. The molecule has 3 aromatic rings. The highest BCUT2D eigenvalue weighted by atomic mass is 79.9. The minimum absolute atomic E-state index is 0.429. The topological polar surface area (TPSA) is 37.8 Å². The molecule has 1 aromatic carbocycles. The average Bonchev–Trinajstić information content (AvgIpc) is 2.91. The zero-order valence-electron chi connectivity index (χ0n) is 10.9. The first-order valence-electron chi connectivity index (χ1n) is 6.29. The van der Waals surface area contributed by atoms with E-state index in [-0.39, 0.29) is 0 Å².